The Hall–Kier alpha value is -3.22. The lowest BCUT2D eigenvalue weighted by molar-refractivity contribution is -0.235. The Bertz CT molecular complexity index is 1440. The van der Waals surface area contributed by atoms with Gasteiger partial charge < -0.3 is 19.4 Å². The summed E-state index contributed by atoms with van der Waals surface area (Å²) in [5.41, 5.74) is -2.37. The van der Waals surface area contributed by atoms with Crippen LogP contribution in [0.3, 0.4) is 0 Å². The van der Waals surface area contributed by atoms with Crippen molar-refractivity contribution in [2.24, 2.45) is 5.41 Å². The molecule has 4 rings (SSSR count). The molecule has 0 amide bonds. The Morgan fingerprint density at radius 2 is 1.43 bits per heavy atom. The smallest absolute Gasteiger partial charge is 0.399 e. The van der Waals surface area contributed by atoms with Crippen molar-refractivity contribution in [3.05, 3.63) is 95.8 Å². The predicted octanol–water partition coefficient (Wildman–Crippen LogP) is 5.43. The van der Waals surface area contributed by atoms with E-state index in [9.17, 15) is 23.4 Å². The van der Waals surface area contributed by atoms with Gasteiger partial charge in [0.05, 0.1) is 6.61 Å². The molecule has 224 valence electrons. The summed E-state index contributed by atoms with van der Waals surface area (Å²) in [5, 5.41) is 23.9. The van der Waals surface area contributed by atoms with Crippen LogP contribution in [-0.4, -0.2) is 52.7 Å². The fraction of sp³-hybridized carbons (Fsp3) is 0.333. The molecule has 4 aromatic rings. The van der Waals surface area contributed by atoms with Gasteiger partial charge in [-0.15, -0.1) is 5.10 Å². The van der Waals surface area contributed by atoms with Crippen molar-refractivity contribution in [2.75, 3.05) is 13.2 Å². The topological polar surface area (TPSA) is 89.6 Å². The Labute approximate surface area is 248 Å². The molecule has 0 spiro atoms. The first-order valence-corrected chi connectivity index (χ1v) is 15.5. The summed E-state index contributed by atoms with van der Waals surface area (Å²) < 4.78 is 57.5. The molecular weight excluding hydrogens is 587 g/mol. The number of nitrogens with zero attached hydrogens (tertiary/aromatic N) is 3. The fourth-order valence-corrected chi connectivity index (χ4v) is 9.67. The molecule has 1 unspecified atom stereocenters. The normalized spacial score (nSPS) is 14.2. The third kappa shape index (κ3) is 6.40. The van der Waals surface area contributed by atoms with Gasteiger partial charge in [-0.05, 0) is 34.5 Å². The van der Waals surface area contributed by atoms with E-state index >= 15 is 0 Å². The fourth-order valence-electron chi connectivity index (χ4n) is 4.74. The van der Waals surface area contributed by atoms with Crippen LogP contribution >= 0.6 is 11.6 Å². The number of rotatable bonds is 10. The zero-order valence-electron chi connectivity index (χ0n) is 23.6. The molecule has 2 heterocycles. The van der Waals surface area contributed by atoms with E-state index in [1.165, 1.54) is 29.1 Å². The van der Waals surface area contributed by atoms with Gasteiger partial charge in [0, 0.05) is 17.8 Å². The van der Waals surface area contributed by atoms with Crippen LogP contribution in [-0.2, 0) is 4.43 Å². The second-order valence-electron chi connectivity index (χ2n) is 11.3. The van der Waals surface area contributed by atoms with Crippen LogP contribution in [0, 0.1) is 5.41 Å². The standard InChI is InChI=1S/C30H33ClF3N3O4Si/c1-28(2,3)42(21-11-7-5-8-12-21,22-13-9-6-10-14-22)41-20-29(4,30(32,33)34)19-40-25-17-18-37(36-25)24-16-15-23(27(38)39)26(31)35-24/h5-18,27,38-39H,19-20H2,1-4H3. The predicted molar refractivity (Wildman–Crippen MR) is 157 cm³/mol. The number of alkyl halides is 3. The second kappa shape index (κ2) is 12.2. The molecule has 0 saturated carbocycles. The van der Waals surface area contributed by atoms with Gasteiger partial charge >= 0.3 is 6.18 Å². The molecule has 0 aliphatic rings. The first-order chi connectivity index (χ1) is 19.7. The lowest BCUT2D eigenvalue weighted by Crippen LogP contribution is -2.67. The summed E-state index contributed by atoms with van der Waals surface area (Å²) >= 11 is 6.01. The third-order valence-corrected chi connectivity index (χ3v) is 12.5. The van der Waals surface area contributed by atoms with Crippen LogP contribution in [0.5, 0.6) is 5.88 Å². The molecule has 12 heteroatoms. The summed E-state index contributed by atoms with van der Waals surface area (Å²) in [6.07, 6.45) is -5.01. The largest absolute Gasteiger partial charge is 0.476 e. The van der Waals surface area contributed by atoms with E-state index in [-0.39, 0.29) is 22.4 Å². The molecule has 0 aliphatic carbocycles. The minimum Gasteiger partial charge on any atom is -0.476 e. The Balaban J connectivity index is 1.62. The molecule has 0 saturated heterocycles. The van der Waals surface area contributed by atoms with Crippen LogP contribution in [0.25, 0.3) is 5.82 Å². The van der Waals surface area contributed by atoms with Gasteiger partial charge in [0.2, 0.25) is 5.88 Å². The number of aliphatic hydroxyl groups excluding tert-OH is 1. The van der Waals surface area contributed by atoms with Crippen molar-refractivity contribution in [1.82, 2.24) is 14.8 Å². The van der Waals surface area contributed by atoms with E-state index in [0.717, 1.165) is 17.3 Å². The molecule has 0 fully saturated rings. The van der Waals surface area contributed by atoms with Gasteiger partial charge in [0.1, 0.15) is 17.2 Å². The average Bonchev–Trinajstić information content (AvgIpc) is 3.41. The van der Waals surface area contributed by atoms with Crippen LogP contribution in [0.15, 0.2) is 85.1 Å². The maximum atomic E-state index is 14.7. The van der Waals surface area contributed by atoms with Crippen molar-refractivity contribution < 1.29 is 32.5 Å². The van der Waals surface area contributed by atoms with Crippen molar-refractivity contribution in [3.63, 3.8) is 0 Å². The highest BCUT2D eigenvalue weighted by Crippen LogP contribution is 2.42. The van der Waals surface area contributed by atoms with Crippen molar-refractivity contribution in [3.8, 4) is 11.7 Å². The Morgan fingerprint density at radius 1 is 0.857 bits per heavy atom. The summed E-state index contributed by atoms with van der Waals surface area (Å²) in [7, 11) is -3.24. The van der Waals surface area contributed by atoms with Gasteiger partial charge in [-0.25, -0.2) is 9.67 Å². The lowest BCUT2D eigenvalue weighted by Gasteiger charge is -2.45. The van der Waals surface area contributed by atoms with Crippen molar-refractivity contribution >= 4 is 30.3 Å². The minimum absolute atomic E-state index is 0.00544. The maximum absolute atomic E-state index is 14.7. The van der Waals surface area contributed by atoms with E-state index < -0.39 is 44.5 Å². The molecular formula is C30H33ClF3N3O4Si. The Morgan fingerprint density at radius 3 is 1.90 bits per heavy atom. The molecule has 42 heavy (non-hydrogen) atoms. The number of aromatic nitrogens is 3. The number of benzene rings is 2. The lowest BCUT2D eigenvalue weighted by atomic mass is 9.92. The number of pyridine rings is 1. The molecule has 0 aliphatic heterocycles. The quantitative estimate of drug-likeness (QED) is 0.140. The number of ether oxygens (including phenoxy) is 1. The zero-order valence-corrected chi connectivity index (χ0v) is 25.4. The van der Waals surface area contributed by atoms with Gasteiger partial charge in [0.15, 0.2) is 12.1 Å². The highest BCUT2D eigenvalue weighted by atomic mass is 35.5. The summed E-state index contributed by atoms with van der Waals surface area (Å²) in [6, 6.07) is 23.1. The van der Waals surface area contributed by atoms with E-state index in [0.29, 0.717) is 0 Å². The van der Waals surface area contributed by atoms with Crippen LogP contribution in [0.1, 0.15) is 39.5 Å². The van der Waals surface area contributed by atoms with Gasteiger partial charge in [-0.2, -0.15) is 13.2 Å². The van der Waals surface area contributed by atoms with E-state index in [2.05, 4.69) is 10.1 Å². The Kier molecular flexibility index (Phi) is 9.19. The summed E-state index contributed by atoms with van der Waals surface area (Å²) in [4.78, 5) is 4.06. The number of hydrogen-bond acceptors (Lipinski definition) is 6. The molecule has 2 aromatic carbocycles. The van der Waals surface area contributed by atoms with Gasteiger partial charge in [-0.3, -0.25) is 0 Å². The van der Waals surface area contributed by atoms with Crippen LogP contribution < -0.4 is 15.1 Å². The monoisotopic (exact) mass is 619 g/mol. The maximum Gasteiger partial charge on any atom is 0.399 e. The highest BCUT2D eigenvalue weighted by Gasteiger charge is 2.56. The van der Waals surface area contributed by atoms with Gasteiger partial charge in [0.25, 0.3) is 8.32 Å². The number of halogens is 4. The highest BCUT2D eigenvalue weighted by molar-refractivity contribution is 6.99. The second-order valence-corrected chi connectivity index (χ2v) is 16.0. The molecule has 7 nitrogen and oxygen atoms in total. The first kappa shape index (κ1) is 31.7. The molecule has 1 atom stereocenters. The van der Waals surface area contributed by atoms with Crippen molar-refractivity contribution in [1.29, 1.82) is 0 Å². The molecule has 0 radical (unpaired) electrons. The van der Waals surface area contributed by atoms with Crippen LogP contribution in [0.4, 0.5) is 13.2 Å². The van der Waals surface area contributed by atoms with Crippen LogP contribution in [0.2, 0.25) is 10.2 Å². The van der Waals surface area contributed by atoms with Crippen molar-refractivity contribution in [2.45, 2.75) is 45.2 Å². The summed E-state index contributed by atoms with van der Waals surface area (Å²) in [6.45, 7) is 5.72. The van der Waals surface area contributed by atoms with E-state index in [1.807, 2.05) is 81.4 Å². The number of hydrogen-bond donors (Lipinski definition) is 2. The number of aliphatic hydroxyl groups is 2. The average molecular weight is 620 g/mol. The van der Waals surface area contributed by atoms with E-state index in [4.69, 9.17) is 20.8 Å². The molecule has 0 bridgehead atoms. The SMILES string of the molecule is CC(COc1ccn(-c2ccc(C(O)O)c(Cl)n2)n1)(CO[Si](c1ccccc1)(c1ccccc1)C(C)(C)C)C(F)(F)F. The van der Waals surface area contributed by atoms with Gasteiger partial charge in [-0.1, -0.05) is 93.0 Å². The molecule has 2 aromatic heterocycles. The van der Waals surface area contributed by atoms with E-state index in [1.54, 1.807) is 0 Å². The molecule has 2 N–H and O–H groups in total. The third-order valence-electron chi connectivity index (χ3n) is 7.19. The first-order valence-electron chi connectivity index (χ1n) is 13.2. The summed E-state index contributed by atoms with van der Waals surface area (Å²) in [5.74, 6) is 0.160. The zero-order chi connectivity index (χ0) is 30.8. The minimum atomic E-state index is -4.66.